The number of hydrogen-bond acceptors (Lipinski definition) is 6. The largest absolute Gasteiger partial charge is 0.494 e. The van der Waals surface area contributed by atoms with Crippen LogP contribution in [0.15, 0.2) is 53.9 Å². The molecule has 0 radical (unpaired) electrons. The molecule has 0 aliphatic carbocycles. The van der Waals surface area contributed by atoms with Crippen molar-refractivity contribution in [1.29, 1.82) is 0 Å². The lowest BCUT2D eigenvalue weighted by Gasteiger charge is -2.07. The van der Waals surface area contributed by atoms with Crippen molar-refractivity contribution in [3.63, 3.8) is 0 Å². The number of hydrogen-bond donors (Lipinski definition) is 2. The number of aromatic nitrogens is 4. The van der Waals surface area contributed by atoms with E-state index in [0.29, 0.717) is 17.2 Å². The van der Waals surface area contributed by atoms with Gasteiger partial charge in [0.05, 0.1) is 12.8 Å². The van der Waals surface area contributed by atoms with Crippen LogP contribution in [0.25, 0.3) is 11.4 Å². The Morgan fingerprint density at radius 2 is 2.17 bits per heavy atom. The van der Waals surface area contributed by atoms with Gasteiger partial charge in [0.25, 0.3) is 0 Å². The summed E-state index contributed by atoms with van der Waals surface area (Å²) in [6.45, 7) is 2.58. The van der Waals surface area contributed by atoms with E-state index in [4.69, 9.17) is 17.0 Å². The van der Waals surface area contributed by atoms with Crippen LogP contribution in [-0.4, -0.2) is 32.7 Å². The van der Waals surface area contributed by atoms with Crippen molar-refractivity contribution in [2.45, 2.75) is 6.92 Å². The van der Waals surface area contributed by atoms with Crippen molar-refractivity contribution in [1.82, 2.24) is 19.9 Å². The summed E-state index contributed by atoms with van der Waals surface area (Å²) in [4.78, 5) is 4.03. The first-order valence-corrected chi connectivity index (χ1v) is 7.78. The van der Waals surface area contributed by atoms with Gasteiger partial charge in [0.15, 0.2) is 5.82 Å². The second-order valence-corrected chi connectivity index (χ2v) is 5.18. The van der Waals surface area contributed by atoms with Gasteiger partial charge < -0.3 is 4.74 Å². The number of rotatable bonds is 6. The van der Waals surface area contributed by atoms with Crippen LogP contribution in [0.2, 0.25) is 0 Å². The number of nitrogens with zero attached hydrogens (tertiary/aromatic N) is 4. The molecule has 0 aliphatic rings. The maximum Gasteiger partial charge on any atom is 0.216 e. The van der Waals surface area contributed by atoms with Crippen LogP contribution in [0.3, 0.4) is 0 Å². The lowest BCUT2D eigenvalue weighted by Crippen LogP contribution is -2.10. The lowest BCUT2D eigenvalue weighted by molar-refractivity contribution is 0.340. The van der Waals surface area contributed by atoms with Gasteiger partial charge in [0.2, 0.25) is 4.77 Å². The molecule has 7 nitrogen and oxygen atoms in total. The monoisotopic (exact) mass is 340 g/mol. The molecule has 3 aromatic rings. The van der Waals surface area contributed by atoms with Gasteiger partial charge >= 0.3 is 0 Å². The first-order chi connectivity index (χ1) is 11.8. The van der Waals surface area contributed by atoms with Gasteiger partial charge in [0.1, 0.15) is 5.75 Å². The highest BCUT2D eigenvalue weighted by Gasteiger charge is 2.08. The highest BCUT2D eigenvalue weighted by atomic mass is 32.1. The highest BCUT2D eigenvalue weighted by Crippen LogP contribution is 2.20. The molecule has 0 bridgehead atoms. The molecule has 0 saturated carbocycles. The van der Waals surface area contributed by atoms with E-state index >= 15 is 0 Å². The molecule has 8 heteroatoms. The predicted molar refractivity (Wildman–Crippen MR) is 95.2 cm³/mol. The van der Waals surface area contributed by atoms with Crippen molar-refractivity contribution < 1.29 is 4.74 Å². The Hall–Kier alpha value is -3.00. The molecule has 0 saturated heterocycles. The second kappa shape index (κ2) is 7.51. The molecule has 122 valence electrons. The first-order valence-electron chi connectivity index (χ1n) is 7.37. The molecule has 0 amide bonds. The summed E-state index contributed by atoms with van der Waals surface area (Å²) in [6, 6.07) is 11.4. The molecular formula is C16H16N6OS. The standard InChI is InChI=1S/C16H16N6OS/c1-2-23-14-7-5-13(6-8-14)15-19-20-16(24)22(15)21-18-11-12-4-3-9-17-10-12/h3-11,21H,2H2,1H3,(H,20,24). The third-order valence-electron chi connectivity index (χ3n) is 3.15. The Kier molecular flexibility index (Phi) is 4.97. The number of benzene rings is 1. The van der Waals surface area contributed by atoms with Gasteiger partial charge in [-0.2, -0.15) is 14.9 Å². The van der Waals surface area contributed by atoms with Crippen LogP contribution < -0.4 is 10.3 Å². The van der Waals surface area contributed by atoms with Crippen LogP contribution in [0.1, 0.15) is 12.5 Å². The fourth-order valence-electron chi connectivity index (χ4n) is 2.06. The lowest BCUT2D eigenvalue weighted by atomic mass is 10.2. The van der Waals surface area contributed by atoms with Gasteiger partial charge in [-0.1, -0.05) is 6.07 Å². The molecule has 0 aliphatic heterocycles. The summed E-state index contributed by atoms with van der Waals surface area (Å²) in [5, 5.41) is 11.2. The number of pyridine rings is 1. The Labute approximate surface area is 144 Å². The van der Waals surface area contributed by atoms with Crippen molar-refractivity contribution in [3.8, 4) is 17.1 Å². The summed E-state index contributed by atoms with van der Waals surface area (Å²) in [7, 11) is 0. The van der Waals surface area contributed by atoms with Crippen molar-refractivity contribution in [3.05, 3.63) is 59.1 Å². The van der Waals surface area contributed by atoms with Crippen molar-refractivity contribution in [2.24, 2.45) is 5.10 Å². The van der Waals surface area contributed by atoms with Gasteiger partial charge in [0, 0.05) is 23.5 Å². The quantitative estimate of drug-likeness (QED) is 0.410. The third kappa shape index (κ3) is 3.66. The SMILES string of the molecule is CCOc1ccc(-c2n[nH]c(=S)n2NN=Cc2cccnc2)cc1. The minimum atomic E-state index is 0.419. The predicted octanol–water partition coefficient (Wildman–Crippen LogP) is 2.98. The van der Waals surface area contributed by atoms with Crippen LogP contribution in [-0.2, 0) is 0 Å². The summed E-state index contributed by atoms with van der Waals surface area (Å²) < 4.78 is 7.46. The molecule has 3 rings (SSSR count). The normalized spacial score (nSPS) is 10.9. The highest BCUT2D eigenvalue weighted by molar-refractivity contribution is 7.71. The van der Waals surface area contributed by atoms with Crippen LogP contribution >= 0.6 is 12.2 Å². The fourth-order valence-corrected chi connectivity index (χ4v) is 2.24. The summed E-state index contributed by atoms with van der Waals surface area (Å²) in [6.07, 6.45) is 5.08. The van der Waals surface area contributed by atoms with Gasteiger partial charge in [-0.05, 0) is 49.5 Å². The topological polar surface area (TPSA) is 80.1 Å². The summed E-state index contributed by atoms with van der Waals surface area (Å²) >= 11 is 5.24. The van der Waals surface area contributed by atoms with Crippen LogP contribution in [0.5, 0.6) is 5.75 Å². The molecule has 24 heavy (non-hydrogen) atoms. The molecule has 0 atom stereocenters. The smallest absolute Gasteiger partial charge is 0.216 e. The molecule has 2 heterocycles. The maximum absolute atomic E-state index is 5.45. The Bertz CT molecular complexity index is 870. The van der Waals surface area contributed by atoms with E-state index in [9.17, 15) is 0 Å². The minimum Gasteiger partial charge on any atom is -0.494 e. The molecular weight excluding hydrogens is 324 g/mol. The zero-order valence-electron chi connectivity index (χ0n) is 13.0. The number of nitrogens with one attached hydrogen (secondary N) is 2. The number of ether oxygens (including phenoxy) is 1. The van der Waals surface area contributed by atoms with E-state index < -0.39 is 0 Å². The van der Waals surface area contributed by atoms with Crippen molar-refractivity contribution >= 4 is 18.4 Å². The number of hydrazone groups is 1. The third-order valence-corrected chi connectivity index (χ3v) is 3.43. The molecule has 1 aromatic carbocycles. The van der Waals surface area contributed by atoms with Gasteiger partial charge in [-0.25, -0.2) is 10.6 Å². The average Bonchev–Trinajstić information content (AvgIpc) is 2.98. The number of aromatic amines is 1. The Balaban J connectivity index is 1.81. The van der Waals surface area contributed by atoms with Crippen molar-refractivity contribution in [2.75, 3.05) is 12.1 Å². The summed E-state index contributed by atoms with van der Waals surface area (Å²) in [5.74, 6) is 1.44. The molecule has 2 aromatic heterocycles. The Morgan fingerprint density at radius 3 is 2.88 bits per heavy atom. The maximum atomic E-state index is 5.45. The van der Waals surface area contributed by atoms with E-state index in [1.807, 2.05) is 43.3 Å². The van der Waals surface area contributed by atoms with E-state index in [2.05, 4.69) is 25.8 Å². The summed E-state index contributed by atoms with van der Waals surface area (Å²) in [5.41, 5.74) is 4.64. The van der Waals surface area contributed by atoms with E-state index in [0.717, 1.165) is 16.9 Å². The number of H-pyrrole nitrogens is 1. The molecule has 0 spiro atoms. The zero-order valence-corrected chi connectivity index (χ0v) is 13.8. The van der Waals surface area contributed by atoms with Gasteiger partial charge in [-0.15, -0.1) is 0 Å². The first kappa shape index (κ1) is 15.9. The average molecular weight is 340 g/mol. The molecule has 2 N–H and O–H groups in total. The molecule has 0 fully saturated rings. The second-order valence-electron chi connectivity index (χ2n) is 4.79. The fraction of sp³-hybridized carbons (Fsp3) is 0.125. The minimum absolute atomic E-state index is 0.419. The van der Waals surface area contributed by atoms with E-state index in [1.54, 1.807) is 23.3 Å². The van der Waals surface area contributed by atoms with E-state index in [-0.39, 0.29) is 0 Å². The van der Waals surface area contributed by atoms with Crippen LogP contribution in [0, 0.1) is 4.77 Å². The Morgan fingerprint density at radius 1 is 1.33 bits per heavy atom. The molecule has 0 unspecified atom stereocenters. The van der Waals surface area contributed by atoms with E-state index in [1.165, 1.54) is 0 Å². The zero-order chi connectivity index (χ0) is 16.8. The van der Waals surface area contributed by atoms with Crippen LogP contribution in [0.4, 0.5) is 0 Å². The van der Waals surface area contributed by atoms with Gasteiger partial charge in [-0.3, -0.25) is 4.98 Å².